The standard InChI is InChI=1S/C16H19BrF3N3O/c1-10(2)8-13(15(22)24)23(7-6-21)14(16(18,19)20)11-4-3-5-12(17)9-11/h3-5,9-10,13-14H,7-8H2,1-2H3,(H2,22,24)/t13-,14?/m0/s1. The van der Waals surface area contributed by atoms with E-state index in [9.17, 15) is 18.0 Å². The van der Waals surface area contributed by atoms with E-state index in [1.54, 1.807) is 26.0 Å². The van der Waals surface area contributed by atoms with Crippen LogP contribution in [0.4, 0.5) is 13.2 Å². The number of primary amides is 1. The monoisotopic (exact) mass is 405 g/mol. The molecule has 0 spiro atoms. The molecule has 0 bridgehead atoms. The Kier molecular flexibility index (Phi) is 7.24. The first-order valence-corrected chi connectivity index (χ1v) is 8.11. The van der Waals surface area contributed by atoms with Gasteiger partial charge in [0, 0.05) is 4.47 Å². The molecule has 1 aromatic carbocycles. The second-order valence-electron chi connectivity index (χ2n) is 5.88. The summed E-state index contributed by atoms with van der Waals surface area (Å²) in [6.07, 6.45) is -4.53. The van der Waals surface area contributed by atoms with E-state index < -0.39 is 30.7 Å². The zero-order valence-electron chi connectivity index (χ0n) is 13.3. The summed E-state index contributed by atoms with van der Waals surface area (Å²) in [5, 5.41) is 9.00. The molecular weight excluding hydrogens is 387 g/mol. The van der Waals surface area contributed by atoms with E-state index in [1.807, 2.05) is 0 Å². The maximum Gasteiger partial charge on any atom is 0.408 e. The summed E-state index contributed by atoms with van der Waals surface area (Å²) in [5.74, 6) is -0.928. The van der Waals surface area contributed by atoms with Crippen molar-refractivity contribution in [1.29, 1.82) is 5.26 Å². The molecule has 4 nitrogen and oxygen atoms in total. The third-order valence-electron chi connectivity index (χ3n) is 3.48. The topological polar surface area (TPSA) is 70.1 Å². The van der Waals surface area contributed by atoms with Crippen LogP contribution in [0.1, 0.15) is 31.9 Å². The summed E-state index contributed by atoms with van der Waals surface area (Å²) in [7, 11) is 0. The number of nitrogens with zero attached hydrogens (tertiary/aromatic N) is 2. The van der Waals surface area contributed by atoms with Crippen LogP contribution in [0.3, 0.4) is 0 Å². The number of hydrogen-bond donors (Lipinski definition) is 1. The molecule has 2 N–H and O–H groups in total. The van der Waals surface area contributed by atoms with Gasteiger partial charge >= 0.3 is 6.18 Å². The second-order valence-corrected chi connectivity index (χ2v) is 6.79. The van der Waals surface area contributed by atoms with Crippen LogP contribution in [0.5, 0.6) is 0 Å². The smallest absolute Gasteiger partial charge is 0.368 e. The van der Waals surface area contributed by atoms with Crippen molar-refractivity contribution < 1.29 is 18.0 Å². The summed E-state index contributed by atoms with van der Waals surface area (Å²) < 4.78 is 41.7. The first kappa shape index (κ1) is 20.5. The normalized spacial score (nSPS) is 14.5. The maximum atomic E-state index is 13.8. The van der Waals surface area contributed by atoms with Crippen molar-refractivity contribution in [3.05, 3.63) is 34.3 Å². The van der Waals surface area contributed by atoms with Crippen molar-refractivity contribution in [2.75, 3.05) is 6.54 Å². The Labute approximate surface area is 147 Å². The lowest BCUT2D eigenvalue weighted by molar-refractivity contribution is -0.192. The molecule has 132 valence electrons. The third-order valence-corrected chi connectivity index (χ3v) is 3.98. The number of nitriles is 1. The van der Waals surface area contributed by atoms with Crippen molar-refractivity contribution in [2.45, 2.75) is 38.5 Å². The number of carbonyl (C=O) groups excluding carboxylic acids is 1. The van der Waals surface area contributed by atoms with E-state index in [2.05, 4.69) is 15.9 Å². The fourth-order valence-corrected chi connectivity index (χ4v) is 2.99. The molecule has 8 heteroatoms. The first-order valence-electron chi connectivity index (χ1n) is 7.32. The largest absolute Gasteiger partial charge is 0.408 e. The number of nitrogens with two attached hydrogens (primary N) is 1. The van der Waals surface area contributed by atoms with Crippen LogP contribution in [-0.4, -0.2) is 29.6 Å². The number of benzene rings is 1. The van der Waals surface area contributed by atoms with Crippen LogP contribution in [0, 0.1) is 17.2 Å². The van der Waals surface area contributed by atoms with Crippen LogP contribution >= 0.6 is 15.9 Å². The van der Waals surface area contributed by atoms with Gasteiger partial charge in [-0.3, -0.25) is 9.69 Å². The predicted octanol–water partition coefficient (Wildman–Crippen LogP) is 3.78. The molecule has 0 saturated heterocycles. The van der Waals surface area contributed by atoms with E-state index in [0.717, 1.165) is 4.90 Å². The van der Waals surface area contributed by atoms with Gasteiger partial charge in [-0.15, -0.1) is 0 Å². The molecule has 0 aliphatic carbocycles. The van der Waals surface area contributed by atoms with Crippen LogP contribution in [0.25, 0.3) is 0 Å². The zero-order valence-corrected chi connectivity index (χ0v) is 14.9. The van der Waals surface area contributed by atoms with Crippen molar-refractivity contribution in [1.82, 2.24) is 4.90 Å². The predicted molar refractivity (Wildman–Crippen MR) is 87.7 cm³/mol. The van der Waals surface area contributed by atoms with Crippen molar-refractivity contribution in [3.63, 3.8) is 0 Å². The summed E-state index contributed by atoms with van der Waals surface area (Å²) in [6, 6.07) is 4.17. The molecule has 0 heterocycles. The van der Waals surface area contributed by atoms with Crippen molar-refractivity contribution >= 4 is 21.8 Å². The highest BCUT2D eigenvalue weighted by atomic mass is 79.9. The van der Waals surface area contributed by atoms with Crippen LogP contribution in [-0.2, 0) is 4.79 Å². The number of hydrogen-bond acceptors (Lipinski definition) is 3. The van der Waals surface area contributed by atoms with Crippen LogP contribution < -0.4 is 5.73 Å². The molecular formula is C16H19BrF3N3O. The molecule has 0 radical (unpaired) electrons. The maximum absolute atomic E-state index is 13.8. The highest BCUT2D eigenvalue weighted by Gasteiger charge is 2.47. The Morgan fingerprint density at radius 1 is 1.42 bits per heavy atom. The fourth-order valence-electron chi connectivity index (χ4n) is 2.57. The average Bonchev–Trinajstić information content (AvgIpc) is 2.42. The Balaban J connectivity index is 3.42. The van der Waals surface area contributed by atoms with E-state index >= 15 is 0 Å². The van der Waals surface area contributed by atoms with Gasteiger partial charge in [-0.25, -0.2) is 0 Å². The number of alkyl halides is 3. The van der Waals surface area contributed by atoms with E-state index in [4.69, 9.17) is 11.0 Å². The molecule has 24 heavy (non-hydrogen) atoms. The third kappa shape index (κ3) is 5.49. The van der Waals surface area contributed by atoms with Gasteiger partial charge in [-0.2, -0.15) is 18.4 Å². The van der Waals surface area contributed by atoms with Gasteiger partial charge in [-0.05, 0) is 30.0 Å². The first-order chi connectivity index (χ1) is 11.1. The van der Waals surface area contributed by atoms with E-state index in [-0.39, 0.29) is 17.9 Å². The van der Waals surface area contributed by atoms with Crippen LogP contribution in [0.15, 0.2) is 28.7 Å². The van der Waals surface area contributed by atoms with E-state index in [0.29, 0.717) is 4.47 Å². The van der Waals surface area contributed by atoms with Gasteiger partial charge in [0.2, 0.25) is 5.91 Å². The number of amides is 1. The molecule has 0 aliphatic heterocycles. The zero-order chi connectivity index (χ0) is 18.5. The second kappa shape index (κ2) is 8.49. The number of halogens is 4. The minimum absolute atomic E-state index is 0.0536. The molecule has 1 amide bonds. The van der Waals surface area contributed by atoms with Gasteiger partial charge in [0.25, 0.3) is 0 Å². The van der Waals surface area contributed by atoms with Gasteiger partial charge in [0.15, 0.2) is 0 Å². The fraction of sp³-hybridized carbons (Fsp3) is 0.500. The highest BCUT2D eigenvalue weighted by molar-refractivity contribution is 9.10. The molecule has 0 aliphatic rings. The summed E-state index contributed by atoms with van der Waals surface area (Å²) in [4.78, 5) is 12.6. The van der Waals surface area contributed by atoms with Gasteiger partial charge in [-0.1, -0.05) is 41.9 Å². The molecule has 1 unspecified atom stereocenters. The Morgan fingerprint density at radius 3 is 2.46 bits per heavy atom. The lowest BCUT2D eigenvalue weighted by Crippen LogP contribution is -2.51. The van der Waals surface area contributed by atoms with Gasteiger partial charge in [0.05, 0.1) is 18.7 Å². The Morgan fingerprint density at radius 2 is 2.04 bits per heavy atom. The molecule has 0 fully saturated rings. The van der Waals surface area contributed by atoms with Gasteiger partial charge < -0.3 is 5.73 Å². The van der Waals surface area contributed by atoms with Crippen molar-refractivity contribution in [2.24, 2.45) is 11.7 Å². The SMILES string of the molecule is CC(C)C[C@@H](C(N)=O)N(CC#N)C(c1cccc(Br)c1)C(F)(F)F. The molecule has 0 saturated carbocycles. The quantitative estimate of drug-likeness (QED) is 0.701. The average molecular weight is 406 g/mol. The number of rotatable bonds is 7. The molecule has 0 aromatic heterocycles. The summed E-state index contributed by atoms with van der Waals surface area (Å²) >= 11 is 3.15. The summed E-state index contributed by atoms with van der Waals surface area (Å²) in [5.41, 5.74) is 5.29. The lowest BCUT2D eigenvalue weighted by Gasteiger charge is -2.37. The molecule has 1 rings (SSSR count). The minimum atomic E-state index is -4.66. The molecule has 2 atom stereocenters. The highest BCUT2D eigenvalue weighted by Crippen LogP contribution is 2.40. The minimum Gasteiger partial charge on any atom is -0.368 e. The van der Waals surface area contributed by atoms with Crippen LogP contribution in [0.2, 0.25) is 0 Å². The van der Waals surface area contributed by atoms with Gasteiger partial charge in [0.1, 0.15) is 6.04 Å². The molecule has 1 aromatic rings. The van der Waals surface area contributed by atoms with Crippen molar-refractivity contribution in [3.8, 4) is 6.07 Å². The summed E-state index contributed by atoms with van der Waals surface area (Å²) in [6.45, 7) is 3.00. The Hall–Kier alpha value is -1.59. The van der Waals surface area contributed by atoms with E-state index in [1.165, 1.54) is 18.2 Å². The Bertz CT molecular complexity index is 613. The number of carbonyl (C=O) groups is 1. The lowest BCUT2D eigenvalue weighted by atomic mass is 9.97.